The van der Waals surface area contributed by atoms with E-state index in [4.69, 9.17) is 24.3 Å². The Morgan fingerprint density at radius 2 is 0.982 bits per heavy atom. The average Bonchev–Trinajstić information content (AvgIpc) is 3.19. The second-order valence-electron chi connectivity index (χ2n) is 14.9. The number of rotatable bonds is 43. The highest BCUT2D eigenvalue weighted by atomic mass is 31.2. The summed E-state index contributed by atoms with van der Waals surface area (Å²) in [6.45, 7) is 4.75. The van der Waals surface area contributed by atoms with Gasteiger partial charge in [0.05, 0.1) is 19.8 Å². The highest BCUT2D eigenvalue weighted by molar-refractivity contribution is 7.47. The van der Waals surface area contributed by atoms with Gasteiger partial charge in [-0.15, -0.1) is 0 Å². The molecule has 0 heterocycles. The topological polar surface area (TPSA) is 117 Å². The Hall–Kier alpha value is -1.80. The van der Waals surface area contributed by atoms with Gasteiger partial charge in [0.1, 0.15) is 6.10 Å². The summed E-state index contributed by atoms with van der Waals surface area (Å²) in [5.41, 5.74) is 5.37. The van der Waals surface area contributed by atoms with Crippen molar-refractivity contribution in [2.45, 2.75) is 200 Å². The van der Waals surface area contributed by atoms with Crippen LogP contribution in [0.1, 0.15) is 194 Å². The third-order valence-corrected chi connectivity index (χ3v) is 10.4. The van der Waals surface area contributed by atoms with Gasteiger partial charge in [0.2, 0.25) is 0 Å². The molecule has 0 saturated heterocycles. The van der Waals surface area contributed by atoms with Gasteiger partial charge >= 0.3 is 13.8 Å². The van der Waals surface area contributed by atoms with Crippen LogP contribution in [0.15, 0.2) is 60.8 Å². The van der Waals surface area contributed by atoms with Crippen LogP contribution in [0.3, 0.4) is 0 Å². The molecule has 0 fully saturated rings. The van der Waals surface area contributed by atoms with E-state index in [9.17, 15) is 14.3 Å². The zero-order valence-electron chi connectivity index (χ0n) is 36.1. The van der Waals surface area contributed by atoms with Gasteiger partial charge in [0.25, 0.3) is 0 Å². The van der Waals surface area contributed by atoms with Gasteiger partial charge in [0, 0.05) is 19.6 Å². The van der Waals surface area contributed by atoms with Crippen molar-refractivity contribution < 1.29 is 32.8 Å². The smallest absolute Gasteiger partial charge is 0.457 e. The van der Waals surface area contributed by atoms with Gasteiger partial charge in [-0.1, -0.05) is 197 Å². The van der Waals surface area contributed by atoms with Crippen LogP contribution in [-0.4, -0.2) is 49.9 Å². The van der Waals surface area contributed by atoms with Crippen LogP contribution < -0.4 is 5.73 Å². The Bertz CT molecular complexity index is 1040. The molecule has 0 rings (SSSR count). The van der Waals surface area contributed by atoms with Gasteiger partial charge in [0.15, 0.2) is 0 Å². The zero-order valence-corrected chi connectivity index (χ0v) is 37.0. The lowest BCUT2D eigenvalue weighted by atomic mass is 10.0. The summed E-state index contributed by atoms with van der Waals surface area (Å²) in [5, 5.41) is 0. The SMILES string of the molecule is CC/C=C\C/C=C\C/C=C\C/C=C\C/C=C\CCCC(=O)OC(COCCCCCCCCCCCCCCCCCCCCCC)COP(=O)(O)OCCN. The first-order valence-corrected chi connectivity index (χ1v) is 24.3. The predicted molar refractivity (Wildman–Crippen MR) is 238 cm³/mol. The summed E-state index contributed by atoms with van der Waals surface area (Å²) in [7, 11) is -4.29. The summed E-state index contributed by atoms with van der Waals surface area (Å²) in [4.78, 5) is 22.5. The number of phosphoric ester groups is 1. The molecule has 0 aromatic heterocycles. The normalized spacial score (nSPS) is 14.0. The largest absolute Gasteiger partial charge is 0.472 e. The van der Waals surface area contributed by atoms with Crippen molar-refractivity contribution in [2.75, 3.05) is 33.0 Å². The number of unbranched alkanes of at least 4 members (excludes halogenated alkanes) is 20. The number of ether oxygens (including phenoxy) is 2. The Morgan fingerprint density at radius 3 is 1.43 bits per heavy atom. The molecule has 0 radical (unpaired) electrons. The quantitative estimate of drug-likeness (QED) is 0.0271. The molecule has 8 nitrogen and oxygen atoms in total. The minimum absolute atomic E-state index is 0.0901. The molecule has 0 aromatic rings. The molecule has 2 atom stereocenters. The van der Waals surface area contributed by atoms with Crippen LogP contribution in [0.4, 0.5) is 0 Å². The molecule has 0 aliphatic heterocycles. The second-order valence-corrected chi connectivity index (χ2v) is 16.3. The number of nitrogens with two attached hydrogens (primary N) is 1. The number of hydrogen-bond acceptors (Lipinski definition) is 7. The summed E-state index contributed by atoms with van der Waals surface area (Å²) in [6.07, 6.45) is 54.0. The van der Waals surface area contributed by atoms with Crippen LogP contribution in [0, 0.1) is 0 Å². The van der Waals surface area contributed by atoms with Gasteiger partial charge in [-0.3, -0.25) is 13.8 Å². The maximum Gasteiger partial charge on any atom is 0.472 e. The third-order valence-electron chi connectivity index (χ3n) is 9.45. The number of phosphoric acid groups is 1. The molecule has 2 unspecified atom stereocenters. The fourth-order valence-electron chi connectivity index (χ4n) is 6.15. The van der Waals surface area contributed by atoms with E-state index in [0.29, 0.717) is 13.0 Å². The molecule has 0 aliphatic rings. The van der Waals surface area contributed by atoms with Crippen molar-refractivity contribution in [3.05, 3.63) is 60.8 Å². The molecular weight excluding hydrogens is 721 g/mol. The van der Waals surface area contributed by atoms with Crippen molar-refractivity contribution in [2.24, 2.45) is 5.73 Å². The van der Waals surface area contributed by atoms with E-state index >= 15 is 0 Å². The van der Waals surface area contributed by atoms with Crippen LogP contribution in [0.2, 0.25) is 0 Å². The van der Waals surface area contributed by atoms with E-state index in [1.165, 1.54) is 116 Å². The standard InChI is InChI=1S/C47H86NO7P/c1-3-5-7-9-11-13-15-17-19-21-22-23-25-27-29-31-33-35-37-39-42-52-44-46(45-54-56(50,51)53-43-41-48)55-47(49)40-38-36-34-32-30-28-26-24-20-18-16-14-12-10-8-6-4-2/h6,8,12,14,18,20,26,28,32,34,46H,3-5,7,9-11,13,15-17,19,21-25,27,29-31,33,35-45,48H2,1-2H3,(H,50,51)/b8-6-,14-12-,20-18-,28-26-,34-32-. The van der Waals surface area contributed by atoms with E-state index in [1.54, 1.807) is 0 Å². The maximum atomic E-state index is 12.6. The van der Waals surface area contributed by atoms with Gasteiger partial charge in [-0.25, -0.2) is 4.57 Å². The number of hydrogen-bond donors (Lipinski definition) is 2. The Balaban J connectivity index is 4.06. The average molecular weight is 808 g/mol. The summed E-state index contributed by atoms with van der Waals surface area (Å²) >= 11 is 0. The maximum absolute atomic E-state index is 12.6. The van der Waals surface area contributed by atoms with Crippen LogP contribution in [0.25, 0.3) is 0 Å². The van der Waals surface area contributed by atoms with Gasteiger partial charge < -0.3 is 20.1 Å². The van der Waals surface area contributed by atoms with Crippen LogP contribution in [0.5, 0.6) is 0 Å². The highest BCUT2D eigenvalue weighted by Crippen LogP contribution is 2.43. The Kier molecular flexibility index (Phi) is 42.9. The molecule has 326 valence electrons. The van der Waals surface area contributed by atoms with Gasteiger partial charge in [-0.2, -0.15) is 0 Å². The lowest BCUT2D eigenvalue weighted by Crippen LogP contribution is -2.28. The monoisotopic (exact) mass is 808 g/mol. The molecule has 0 bridgehead atoms. The third kappa shape index (κ3) is 43.3. The molecule has 0 saturated carbocycles. The molecule has 0 amide bonds. The van der Waals surface area contributed by atoms with Crippen molar-refractivity contribution in [1.29, 1.82) is 0 Å². The number of allylic oxidation sites excluding steroid dienone is 10. The molecule has 0 spiro atoms. The Labute approximate surface area is 344 Å². The lowest BCUT2D eigenvalue weighted by Gasteiger charge is -2.20. The highest BCUT2D eigenvalue weighted by Gasteiger charge is 2.25. The van der Waals surface area contributed by atoms with Crippen molar-refractivity contribution in [1.82, 2.24) is 0 Å². The summed E-state index contributed by atoms with van der Waals surface area (Å²) in [6, 6.07) is 0. The molecule has 0 aliphatic carbocycles. The van der Waals surface area contributed by atoms with E-state index < -0.39 is 13.9 Å². The van der Waals surface area contributed by atoms with E-state index in [-0.39, 0.29) is 38.8 Å². The van der Waals surface area contributed by atoms with Crippen LogP contribution in [-0.2, 0) is 27.9 Å². The first-order valence-electron chi connectivity index (χ1n) is 22.8. The van der Waals surface area contributed by atoms with E-state index in [1.807, 2.05) is 0 Å². The fourth-order valence-corrected chi connectivity index (χ4v) is 6.92. The summed E-state index contributed by atoms with van der Waals surface area (Å²) in [5.74, 6) is -0.385. The first-order chi connectivity index (χ1) is 27.4. The predicted octanol–water partition coefficient (Wildman–Crippen LogP) is 13.8. The molecule has 56 heavy (non-hydrogen) atoms. The number of esters is 1. The molecular formula is C47H86NO7P. The molecule has 3 N–H and O–H groups in total. The fraction of sp³-hybridized carbons (Fsp3) is 0.766. The van der Waals surface area contributed by atoms with Crippen molar-refractivity contribution in [3.8, 4) is 0 Å². The summed E-state index contributed by atoms with van der Waals surface area (Å²) < 4.78 is 33.4. The van der Waals surface area contributed by atoms with E-state index in [0.717, 1.165) is 51.4 Å². The van der Waals surface area contributed by atoms with E-state index in [2.05, 4.69) is 74.6 Å². The number of carbonyl (C=O) groups is 1. The molecule has 9 heteroatoms. The zero-order chi connectivity index (χ0) is 40.9. The number of carbonyl (C=O) groups excluding carboxylic acids is 1. The second kappa shape index (κ2) is 44.3. The van der Waals surface area contributed by atoms with Crippen molar-refractivity contribution in [3.63, 3.8) is 0 Å². The first kappa shape index (κ1) is 54.2. The van der Waals surface area contributed by atoms with Gasteiger partial charge in [-0.05, 0) is 51.4 Å². The minimum atomic E-state index is -4.29. The molecule has 0 aromatic carbocycles. The minimum Gasteiger partial charge on any atom is -0.457 e. The Morgan fingerprint density at radius 1 is 0.554 bits per heavy atom. The van der Waals surface area contributed by atoms with Crippen molar-refractivity contribution >= 4 is 13.8 Å². The van der Waals surface area contributed by atoms with Crippen LogP contribution >= 0.6 is 7.82 Å². The lowest BCUT2D eigenvalue weighted by molar-refractivity contribution is -0.154.